The van der Waals surface area contributed by atoms with E-state index in [0.29, 0.717) is 23.4 Å². The van der Waals surface area contributed by atoms with Crippen LogP contribution in [0, 0.1) is 0 Å². The van der Waals surface area contributed by atoms with Crippen molar-refractivity contribution in [2.75, 3.05) is 66.6 Å². The van der Waals surface area contributed by atoms with Crippen molar-refractivity contribution < 1.29 is 23.8 Å². The van der Waals surface area contributed by atoms with Gasteiger partial charge in [0.1, 0.15) is 5.75 Å². The highest BCUT2D eigenvalue weighted by atomic mass is 16.5. The first-order chi connectivity index (χ1) is 16.8. The summed E-state index contributed by atoms with van der Waals surface area (Å²) in [4.78, 5) is 33.6. The first kappa shape index (κ1) is 26.8. The topological polar surface area (TPSA) is 71.6 Å². The third-order valence-corrected chi connectivity index (χ3v) is 6.84. The van der Waals surface area contributed by atoms with Crippen LogP contribution in [-0.2, 0) is 19.1 Å². The van der Waals surface area contributed by atoms with Crippen molar-refractivity contribution in [3.63, 3.8) is 0 Å². The van der Waals surface area contributed by atoms with Gasteiger partial charge in [-0.1, -0.05) is 18.2 Å². The lowest BCUT2D eigenvalue weighted by Crippen LogP contribution is -2.47. The number of rotatable bonds is 9. The van der Waals surface area contributed by atoms with Crippen molar-refractivity contribution in [3.8, 4) is 5.75 Å². The van der Waals surface area contributed by atoms with Gasteiger partial charge in [-0.15, -0.1) is 0 Å². The van der Waals surface area contributed by atoms with Gasteiger partial charge >= 0.3 is 11.9 Å². The van der Waals surface area contributed by atoms with Crippen LogP contribution < -0.4 is 4.74 Å². The van der Waals surface area contributed by atoms with Crippen LogP contribution in [0.15, 0.2) is 46.8 Å². The molecule has 0 N–H and O–H groups in total. The Labute approximate surface area is 209 Å². The maximum absolute atomic E-state index is 13.4. The van der Waals surface area contributed by atoms with E-state index in [9.17, 15) is 9.59 Å². The summed E-state index contributed by atoms with van der Waals surface area (Å²) in [6.07, 6.45) is 0. The summed E-state index contributed by atoms with van der Waals surface area (Å²) in [6, 6.07) is 7.48. The van der Waals surface area contributed by atoms with E-state index in [4.69, 9.17) is 14.2 Å². The predicted octanol–water partition coefficient (Wildman–Crippen LogP) is 3.02. The van der Waals surface area contributed by atoms with Gasteiger partial charge in [-0.3, -0.25) is 4.90 Å². The summed E-state index contributed by atoms with van der Waals surface area (Å²) < 4.78 is 16.6. The molecule has 2 heterocycles. The van der Waals surface area contributed by atoms with E-state index in [2.05, 4.69) is 21.7 Å². The van der Waals surface area contributed by atoms with Crippen LogP contribution >= 0.6 is 0 Å². The molecule has 1 aromatic rings. The normalized spacial score (nSPS) is 18.2. The Morgan fingerprint density at radius 2 is 1.43 bits per heavy atom. The molecular weight excluding hydrogens is 446 g/mol. The van der Waals surface area contributed by atoms with Crippen LogP contribution in [0.3, 0.4) is 0 Å². The van der Waals surface area contributed by atoms with Crippen LogP contribution in [0.2, 0.25) is 0 Å². The van der Waals surface area contributed by atoms with Gasteiger partial charge in [0, 0.05) is 56.2 Å². The highest BCUT2D eigenvalue weighted by Crippen LogP contribution is 2.45. The Balaban J connectivity index is 2.10. The van der Waals surface area contributed by atoms with E-state index in [1.807, 2.05) is 38.1 Å². The zero-order valence-corrected chi connectivity index (χ0v) is 21.9. The van der Waals surface area contributed by atoms with Gasteiger partial charge in [0.2, 0.25) is 0 Å². The molecule has 0 bridgehead atoms. The summed E-state index contributed by atoms with van der Waals surface area (Å²) in [7, 11) is 3.72. The van der Waals surface area contributed by atoms with Crippen molar-refractivity contribution in [3.05, 3.63) is 52.4 Å². The van der Waals surface area contributed by atoms with Gasteiger partial charge in [-0.2, -0.15) is 0 Å². The molecule has 0 spiro atoms. The minimum absolute atomic E-state index is 0.243. The summed E-state index contributed by atoms with van der Waals surface area (Å²) in [5, 5.41) is 0. The van der Waals surface area contributed by atoms with Gasteiger partial charge in [0.25, 0.3) is 0 Å². The van der Waals surface area contributed by atoms with E-state index >= 15 is 0 Å². The fourth-order valence-corrected chi connectivity index (χ4v) is 4.92. The van der Waals surface area contributed by atoms with Crippen molar-refractivity contribution in [1.29, 1.82) is 0 Å². The Bertz CT molecular complexity index is 937. The number of hydrogen-bond donors (Lipinski definition) is 0. The molecule has 0 aromatic heterocycles. The second-order valence-corrected chi connectivity index (χ2v) is 8.91. The number of esters is 2. The minimum atomic E-state index is -0.649. The summed E-state index contributed by atoms with van der Waals surface area (Å²) >= 11 is 0. The summed E-state index contributed by atoms with van der Waals surface area (Å²) in [5.41, 5.74) is 3.21. The number of benzene rings is 1. The monoisotopic (exact) mass is 485 g/mol. The average Bonchev–Trinajstić information content (AvgIpc) is 2.84. The molecule has 1 fully saturated rings. The molecule has 0 aliphatic carbocycles. The molecule has 2 aliphatic rings. The third-order valence-electron chi connectivity index (χ3n) is 6.84. The lowest BCUT2D eigenvalue weighted by Gasteiger charge is -2.40. The molecule has 1 saturated heterocycles. The Morgan fingerprint density at radius 3 is 1.94 bits per heavy atom. The quantitative estimate of drug-likeness (QED) is 0.495. The van der Waals surface area contributed by atoms with Crippen LogP contribution in [0.4, 0.5) is 0 Å². The smallest absolute Gasteiger partial charge is 0.336 e. The minimum Gasteiger partial charge on any atom is -0.496 e. The molecule has 2 aliphatic heterocycles. The second kappa shape index (κ2) is 12.2. The number of hydrogen-bond acceptors (Lipinski definition) is 8. The second-order valence-electron chi connectivity index (χ2n) is 8.91. The molecule has 0 unspecified atom stereocenters. The molecule has 1 aromatic carbocycles. The van der Waals surface area contributed by atoms with Crippen molar-refractivity contribution in [2.24, 2.45) is 0 Å². The Kier molecular flexibility index (Phi) is 9.34. The lowest BCUT2D eigenvalue weighted by atomic mass is 9.79. The van der Waals surface area contributed by atoms with Crippen LogP contribution in [-0.4, -0.2) is 93.3 Å². The van der Waals surface area contributed by atoms with Crippen molar-refractivity contribution in [2.45, 2.75) is 33.6 Å². The first-order valence-corrected chi connectivity index (χ1v) is 12.4. The third kappa shape index (κ3) is 5.87. The SMILES string of the molecule is CCOC(=O)C1=C(C)N(CCN2CCN(C)CC2)C(C)=C(C(=O)OCC)C1c1ccccc1OC. The van der Waals surface area contributed by atoms with Gasteiger partial charge in [0.05, 0.1) is 37.4 Å². The van der Waals surface area contributed by atoms with E-state index in [-0.39, 0.29) is 13.2 Å². The highest BCUT2D eigenvalue weighted by molar-refractivity contribution is 6.00. The number of ether oxygens (including phenoxy) is 3. The molecule has 3 rings (SSSR count). The number of nitrogens with zero attached hydrogens (tertiary/aromatic N) is 3. The Morgan fingerprint density at radius 1 is 0.886 bits per heavy atom. The van der Waals surface area contributed by atoms with Crippen LogP contribution in [0.1, 0.15) is 39.2 Å². The van der Waals surface area contributed by atoms with E-state index in [0.717, 1.165) is 49.7 Å². The summed E-state index contributed by atoms with van der Waals surface area (Å²) in [6.45, 7) is 13.5. The maximum Gasteiger partial charge on any atom is 0.336 e. The molecule has 0 saturated carbocycles. The predicted molar refractivity (Wildman–Crippen MR) is 135 cm³/mol. The number of allylic oxidation sites excluding steroid dienone is 2. The molecule has 8 nitrogen and oxygen atoms in total. The molecule has 0 atom stereocenters. The first-order valence-electron chi connectivity index (χ1n) is 12.4. The Hall–Kier alpha value is -2.84. The summed E-state index contributed by atoms with van der Waals surface area (Å²) in [5.74, 6) is -0.906. The zero-order chi connectivity index (χ0) is 25.5. The number of carbonyl (C=O) groups is 2. The van der Waals surface area contributed by atoms with Gasteiger partial charge in [-0.25, -0.2) is 9.59 Å². The maximum atomic E-state index is 13.4. The van der Waals surface area contributed by atoms with Gasteiger partial charge in [-0.05, 0) is 40.8 Å². The zero-order valence-electron chi connectivity index (χ0n) is 21.9. The highest BCUT2D eigenvalue weighted by Gasteiger charge is 2.41. The van der Waals surface area contributed by atoms with E-state index < -0.39 is 17.9 Å². The fourth-order valence-electron chi connectivity index (χ4n) is 4.92. The number of para-hydroxylation sites is 1. The molecule has 35 heavy (non-hydrogen) atoms. The number of piperazine rings is 1. The van der Waals surface area contributed by atoms with Crippen LogP contribution in [0.25, 0.3) is 0 Å². The molecule has 0 amide bonds. The largest absolute Gasteiger partial charge is 0.496 e. The lowest BCUT2D eigenvalue weighted by molar-refractivity contribution is -0.139. The van der Waals surface area contributed by atoms with E-state index in [1.165, 1.54) is 0 Å². The molecule has 8 heteroatoms. The number of methoxy groups -OCH3 is 1. The van der Waals surface area contributed by atoms with Gasteiger partial charge in [0.15, 0.2) is 0 Å². The van der Waals surface area contributed by atoms with E-state index in [1.54, 1.807) is 21.0 Å². The average molecular weight is 486 g/mol. The number of likely N-dealkylation sites (N-methyl/N-ethyl adjacent to an activating group) is 1. The molecule has 192 valence electrons. The standard InChI is InChI=1S/C27H39N3O5/c1-7-34-26(31)23-19(3)30(18-17-29-15-13-28(5)14-16-29)20(4)24(27(32)35-8-2)25(23)21-11-9-10-12-22(21)33-6/h9-12,25H,7-8,13-18H2,1-6H3. The van der Waals surface area contributed by atoms with Crippen molar-refractivity contribution in [1.82, 2.24) is 14.7 Å². The van der Waals surface area contributed by atoms with Gasteiger partial charge < -0.3 is 24.0 Å². The molecular formula is C27H39N3O5. The van der Waals surface area contributed by atoms with Crippen LogP contribution in [0.5, 0.6) is 5.75 Å². The molecule has 0 radical (unpaired) electrons. The van der Waals surface area contributed by atoms with Crippen molar-refractivity contribution >= 4 is 11.9 Å². The fraction of sp³-hybridized carbons (Fsp3) is 0.556. The number of carbonyl (C=O) groups excluding carboxylic acids is 2.